The second kappa shape index (κ2) is 4.61. The molecule has 0 aliphatic heterocycles. The van der Waals surface area contributed by atoms with Gasteiger partial charge in [0.15, 0.2) is 0 Å². The topological polar surface area (TPSA) is 41.6 Å². The molecule has 0 unspecified atom stereocenters. The molecule has 1 aromatic carbocycles. The molecule has 0 N–H and O–H groups in total. The Hall–Kier alpha value is -2.15. The number of nitriles is 1. The molecule has 0 fully saturated rings. The lowest BCUT2D eigenvalue weighted by Gasteiger charge is -2.10. The van der Waals surface area contributed by atoms with E-state index in [1.807, 2.05) is 13.8 Å². The van der Waals surface area contributed by atoms with E-state index in [1.165, 1.54) is 6.07 Å². The zero-order chi connectivity index (χ0) is 13.3. The minimum atomic E-state index is -0.275. The Kier molecular flexibility index (Phi) is 3.15. The summed E-state index contributed by atoms with van der Waals surface area (Å²) in [6.45, 7) is 3.81. The summed E-state index contributed by atoms with van der Waals surface area (Å²) in [4.78, 5) is 0. The van der Waals surface area contributed by atoms with Gasteiger partial charge in [0.25, 0.3) is 0 Å². The molecule has 4 heteroatoms. The van der Waals surface area contributed by atoms with Gasteiger partial charge in [0.1, 0.15) is 5.82 Å². The van der Waals surface area contributed by atoms with Crippen LogP contribution in [0.1, 0.15) is 30.9 Å². The Morgan fingerprint density at radius 1 is 1.39 bits per heavy atom. The number of aromatic nitrogens is 2. The maximum absolute atomic E-state index is 14.0. The SMILES string of the molecule is CC(C)c1cc(C#N)c(-c2cnn(C)c2)cc1F. The van der Waals surface area contributed by atoms with Crippen molar-refractivity contribution in [2.75, 3.05) is 0 Å². The first kappa shape index (κ1) is 12.3. The molecule has 0 spiro atoms. The van der Waals surface area contributed by atoms with E-state index >= 15 is 0 Å². The molecule has 0 amide bonds. The number of rotatable bonds is 2. The van der Waals surface area contributed by atoms with Crippen LogP contribution in [-0.2, 0) is 7.05 Å². The second-order valence-electron chi connectivity index (χ2n) is 4.59. The van der Waals surface area contributed by atoms with Crippen molar-refractivity contribution in [3.05, 3.63) is 41.5 Å². The number of hydrogen-bond donors (Lipinski definition) is 0. The van der Waals surface area contributed by atoms with E-state index in [1.54, 1.807) is 30.2 Å². The van der Waals surface area contributed by atoms with Crippen LogP contribution in [0.2, 0.25) is 0 Å². The van der Waals surface area contributed by atoms with Crippen molar-refractivity contribution in [2.45, 2.75) is 19.8 Å². The molecule has 3 nitrogen and oxygen atoms in total. The van der Waals surface area contributed by atoms with Crippen LogP contribution in [-0.4, -0.2) is 9.78 Å². The molecule has 0 aliphatic rings. The van der Waals surface area contributed by atoms with Gasteiger partial charge in [0.05, 0.1) is 17.8 Å². The Morgan fingerprint density at radius 3 is 2.61 bits per heavy atom. The first-order valence-corrected chi connectivity index (χ1v) is 5.75. The highest BCUT2D eigenvalue weighted by Gasteiger charge is 2.14. The highest BCUT2D eigenvalue weighted by molar-refractivity contribution is 5.70. The lowest BCUT2D eigenvalue weighted by molar-refractivity contribution is 0.598. The van der Waals surface area contributed by atoms with Gasteiger partial charge in [-0.15, -0.1) is 0 Å². The highest BCUT2D eigenvalue weighted by Crippen LogP contribution is 2.28. The standard InChI is InChI=1S/C14H14FN3/c1-9(2)12-4-10(6-16)13(5-14(12)15)11-7-17-18(3)8-11/h4-5,7-9H,1-3H3. The van der Waals surface area contributed by atoms with Crippen molar-refractivity contribution in [3.8, 4) is 17.2 Å². The number of nitrogens with zero attached hydrogens (tertiary/aromatic N) is 3. The summed E-state index contributed by atoms with van der Waals surface area (Å²) in [5.74, 6) is -0.220. The Balaban J connectivity index is 2.62. The first-order chi connectivity index (χ1) is 8.52. The summed E-state index contributed by atoms with van der Waals surface area (Å²) in [6, 6.07) is 5.17. The van der Waals surface area contributed by atoms with Gasteiger partial charge in [-0.25, -0.2) is 4.39 Å². The minimum Gasteiger partial charge on any atom is -0.275 e. The van der Waals surface area contributed by atoms with Crippen molar-refractivity contribution < 1.29 is 4.39 Å². The zero-order valence-electron chi connectivity index (χ0n) is 10.6. The predicted octanol–water partition coefficient (Wildman–Crippen LogP) is 3.22. The first-order valence-electron chi connectivity index (χ1n) is 5.75. The number of aryl methyl sites for hydroxylation is 1. The summed E-state index contributed by atoms with van der Waals surface area (Å²) < 4.78 is 15.6. The maximum Gasteiger partial charge on any atom is 0.127 e. The van der Waals surface area contributed by atoms with Crippen LogP contribution in [0.25, 0.3) is 11.1 Å². The van der Waals surface area contributed by atoms with E-state index in [9.17, 15) is 9.65 Å². The van der Waals surface area contributed by atoms with Crippen molar-refractivity contribution in [1.29, 1.82) is 5.26 Å². The fourth-order valence-corrected chi connectivity index (χ4v) is 1.92. The van der Waals surface area contributed by atoms with Crippen LogP contribution in [0.15, 0.2) is 24.5 Å². The Bertz CT molecular complexity index is 620. The third kappa shape index (κ3) is 2.12. The summed E-state index contributed by atoms with van der Waals surface area (Å²) in [5, 5.41) is 13.2. The molecule has 0 radical (unpaired) electrons. The maximum atomic E-state index is 14.0. The predicted molar refractivity (Wildman–Crippen MR) is 67.4 cm³/mol. The molecule has 0 bridgehead atoms. The lowest BCUT2D eigenvalue weighted by atomic mass is 9.95. The summed E-state index contributed by atoms with van der Waals surface area (Å²) in [7, 11) is 1.79. The molecule has 2 rings (SSSR count). The van der Waals surface area contributed by atoms with Gasteiger partial charge in [-0.1, -0.05) is 13.8 Å². The van der Waals surface area contributed by atoms with E-state index in [2.05, 4.69) is 11.2 Å². The molecule has 2 aromatic rings. The fraction of sp³-hybridized carbons (Fsp3) is 0.286. The van der Waals surface area contributed by atoms with Crippen molar-refractivity contribution in [2.24, 2.45) is 7.05 Å². The average molecular weight is 243 g/mol. The van der Waals surface area contributed by atoms with Crippen molar-refractivity contribution in [3.63, 3.8) is 0 Å². The molecular weight excluding hydrogens is 229 g/mol. The molecule has 0 saturated heterocycles. The molecule has 0 saturated carbocycles. The minimum absolute atomic E-state index is 0.0556. The molecule has 0 atom stereocenters. The third-order valence-electron chi connectivity index (χ3n) is 2.90. The molecule has 0 aliphatic carbocycles. The van der Waals surface area contributed by atoms with Crippen LogP contribution in [0.3, 0.4) is 0 Å². The van der Waals surface area contributed by atoms with Gasteiger partial charge in [0.2, 0.25) is 0 Å². The molecule has 92 valence electrons. The largest absolute Gasteiger partial charge is 0.275 e. The average Bonchev–Trinajstić information content (AvgIpc) is 2.75. The number of halogens is 1. The van der Waals surface area contributed by atoms with Crippen LogP contribution >= 0.6 is 0 Å². The lowest BCUT2D eigenvalue weighted by Crippen LogP contribution is -1.96. The zero-order valence-corrected chi connectivity index (χ0v) is 10.6. The third-order valence-corrected chi connectivity index (χ3v) is 2.90. The van der Waals surface area contributed by atoms with Crippen LogP contribution in [0, 0.1) is 17.1 Å². The molecule has 1 heterocycles. The fourth-order valence-electron chi connectivity index (χ4n) is 1.92. The van der Waals surface area contributed by atoms with E-state index in [0.29, 0.717) is 16.7 Å². The van der Waals surface area contributed by atoms with Crippen molar-refractivity contribution in [1.82, 2.24) is 9.78 Å². The van der Waals surface area contributed by atoms with Crippen molar-refractivity contribution >= 4 is 0 Å². The highest BCUT2D eigenvalue weighted by atomic mass is 19.1. The quantitative estimate of drug-likeness (QED) is 0.812. The molecule has 1 aromatic heterocycles. The number of hydrogen-bond acceptors (Lipinski definition) is 2. The Labute approximate surface area is 105 Å². The van der Waals surface area contributed by atoms with E-state index in [-0.39, 0.29) is 11.7 Å². The van der Waals surface area contributed by atoms with Gasteiger partial charge >= 0.3 is 0 Å². The van der Waals surface area contributed by atoms with Crippen LogP contribution in [0.5, 0.6) is 0 Å². The Morgan fingerprint density at radius 2 is 2.11 bits per heavy atom. The van der Waals surface area contributed by atoms with Gasteiger partial charge in [-0.2, -0.15) is 10.4 Å². The smallest absolute Gasteiger partial charge is 0.127 e. The van der Waals surface area contributed by atoms with E-state index < -0.39 is 0 Å². The summed E-state index contributed by atoms with van der Waals surface area (Å²) in [6.07, 6.45) is 3.40. The van der Waals surface area contributed by atoms with Crippen LogP contribution in [0.4, 0.5) is 4.39 Å². The summed E-state index contributed by atoms with van der Waals surface area (Å²) >= 11 is 0. The molecular formula is C14H14FN3. The number of benzene rings is 1. The molecule has 18 heavy (non-hydrogen) atoms. The summed E-state index contributed by atoms with van der Waals surface area (Å²) in [5.41, 5.74) is 2.39. The normalized spacial score (nSPS) is 10.7. The van der Waals surface area contributed by atoms with Crippen LogP contribution < -0.4 is 0 Å². The van der Waals surface area contributed by atoms with Gasteiger partial charge < -0.3 is 0 Å². The van der Waals surface area contributed by atoms with E-state index in [4.69, 9.17) is 0 Å². The van der Waals surface area contributed by atoms with E-state index in [0.717, 1.165) is 5.56 Å². The second-order valence-corrected chi connectivity index (χ2v) is 4.59. The van der Waals surface area contributed by atoms with Gasteiger partial charge in [-0.05, 0) is 23.6 Å². The monoisotopic (exact) mass is 243 g/mol. The van der Waals surface area contributed by atoms with Gasteiger partial charge in [0, 0.05) is 24.4 Å². The van der Waals surface area contributed by atoms with Gasteiger partial charge in [-0.3, -0.25) is 4.68 Å².